The number of nitrogens with one attached hydrogen (secondary N) is 1. The summed E-state index contributed by atoms with van der Waals surface area (Å²) in [5.41, 5.74) is 0. The number of morpholine rings is 1. The largest absolute Gasteiger partial charge is 0.465 e. The lowest BCUT2D eigenvalue weighted by molar-refractivity contribution is -0.121. The fraction of sp³-hybridized carbons (Fsp3) is 0.737. The average molecular weight is 399 g/mol. The number of hydrogen-bond acceptors (Lipinski definition) is 6. The minimum Gasteiger partial charge on any atom is -0.465 e. The molecule has 0 radical (unpaired) electrons. The topological polar surface area (TPSA) is 54.7 Å². The van der Waals surface area contributed by atoms with Gasteiger partial charge in [0.2, 0.25) is 5.91 Å². The first kappa shape index (κ1) is 20.1. The molecule has 1 aromatic rings. The van der Waals surface area contributed by atoms with Crippen LogP contribution < -0.4 is 5.32 Å². The summed E-state index contributed by atoms with van der Waals surface area (Å²) in [6.45, 7) is 5.78. The second-order valence-corrected chi connectivity index (χ2v) is 9.78. The molecule has 0 aromatic carbocycles. The van der Waals surface area contributed by atoms with Gasteiger partial charge in [-0.3, -0.25) is 9.69 Å². The van der Waals surface area contributed by atoms with Crippen LogP contribution in [0.5, 0.6) is 0 Å². The molecule has 3 rings (SSSR count). The molecular formula is C19H30N2O3S2. The van der Waals surface area contributed by atoms with Gasteiger partial charge >= 0.3 is 0 Å². The van der Waals surface area contributed by atoms with Crippen molar-refractivity contribution in [3.8, 4) is 0 Å². The molecule has 2 fully saturated rings. The van der Waals surface area contributed by atoms with Crippen LogP contribution in [0.2, 0.25) is 0 Å². The van der Waals surface area contributed by atoms with Gasteiger partial charge in [0.25, 0.3) is 0 Å². The van der Waals surface area contributed by atoms with Crippen molar-refractivity contribution in [2.24, 2.45) is 0 Å². The van der Waals surface area contributed by atoms with Crippen LogP contribution in [0, 0.1) is 6.92 Å². The van der Waals surface area contributed by atoms with Crippen LogP contribution in [0.4, 0.5) is 0 Å². The van der Waals surface area contributed by atoms with Crippen LogP contribution in [0.3, 0.4) is 0 Å². The lowest BCUT2D eigenvalue weighted by atomic mass is 10.1. The quantitative estimate of drug-likeness (QED) is 0.504. The Balaban J connectivity index is 1.42. The highest BCUT2D eigenvalue weighted by molar-refractivity contribution is 8.77. The maximum atomic E-state index is 12.3. The molecule has 7 heteroatoms. The molecule has 1 aromatic heterocycles. The molecule has 0 saturated carbocycles. The molecule has 2 aliphatic rings. The molecule has 3 heterocycles. The fourth-order valence-corrected chi connectivity index (χ4v) is 6.48. The van der Waals surface area contributed by atoms with Crippen molar-refractivity contribution in [1.82, 2.24) is 10.2 Å². The molecule has 2 unspecified atom stereocenters. The van der Waals surface area contributed by atoms with E-state index >= 15 is 0 Å². The first-order chi connectivity index (χ1) is 12.7. The SMILES string of the molecule is Cc1ccc(C(CNC(=O)CCCCC2CCSS2)N2CCOCC2)o1. The van der Waals surface area contributed by atoms with Gasteiger partial charge in [0.05, 0.1) is 19.3 Å². The number of carbonyl (C=O) groups is 1. The highest BCUT2D eigenvalue weighted by Crippen LogP contribution is 2.39. The second kappa shape index (κ2) is 10.6. The molecule has 1 amide bonds. The molecule has 0 bridgehead atoms. The van der Waals surface area contributed by atoms with E-state index < -0.39 is 0 Å². The van der Waals surface area contributed by atoms with E-state index in [4.69, 9.17) is 9.15 Å². The number of aryl methyl sites for hydroxylation is 1. The fourth-order valence-electron chi connectivity index (χ4n) is 3.45. The van der Waals surface area contributed by atoms with E-state index in [-0.39, 0.29) is 11.9 Å². The Bertz CT molecular complexity index is 555. The number of ether oxygens (including phenoxy) is 1. The van der Waals surface area contributed by atoms with E-state index in [1.807, 2.05) is 40.6 Å². The Morgan fingerprint density at radius 3 is 2.88 bits per heavy atom. The van der Waals surface area contributed by atoms with Crippen molar-refractivity contribution in [3.05, 3.63) is 23.7 Å². The normalized spacial score (nSPS) is 22.4. The van der Waals surface area contributed by atoms with Gasteiger partial charge < -0.3 is 14.5 Å². The Kier molecular flexibility index (Phi) is 8.23. The number of rotatable bonds is 9. The lowest BCUT2D eigenvalue weighted by Crippen LogP contribution is -2.43. The molecule has 0 spiro atoms. The van der Waals surface area contributed by atoms with Gasteiger partial charge in [0.1, 0.15) is 11.5 Å². The zero-order valence-corrected chi connectivity index (χ0v) is 17.2. The van der Waals surface area contributed by atoms with Crippen molar-refractivity contribution >= 4 is 27.5 Å². The molecule has 0 aliphatic carbocycles. The summed E-state index contributed by atoms with van der Waals surface area (Å²) in [5, 5.41) is 3.93. The molecular weight excluding hydrogens is 368 g/mol. The van der Waals surface area contributed by atoms with Gasteiger partial charge in [-0.2, -0.15) is 0 Å². The number of furan rings is 1. The molecule has 2 aliphatic heterocycles. The van der Waals surface area contributed by atoms with Gasteiger partial charge in [-0.25, -0.2) is 0 Å². The van der Waals surface area contributed by atoms with Crippen molar-refractivity contribution < 1.29 is 13.9 Å². The number of hydrogen-bond donors (Lipinski definition) is 1. The Morgan fingerprint density at radius 2 is 2.19 bits per heavy atom. The third kappa shape index (κ3) is 6.22. The van der Waals surface area contributed by atoms with Crippen molar-refractivity contribution in [3.63, 3.8) is 0 Å². The third-order valence-electron chi connectivity index (χ3n) is 4.98. The summed E-state index contributed by atoms with van der Waals surface area (Å²) in [5.74, 6) is 3.28. The van der Waals surface area contributed by atoms with Crippen molar-refractivity contribution in [1.29, 1.82) is 0 Å². The zero-order chi connectivity index (χ0) is 18.2. The number of carbonyl (C=O) groups excluding carboxylic acids is 1. The van der Waals surface area contributed by atoms with Crippen LogP contribution in [0.25, 0.3) is 0 Å². The van der Waals surface area contributed by atoms with Gasteiger partial charge in [0.15, 0.2) is 0 Å². The highest BCUT2D eigenvalue weighted by Gasteiger charge is 2.25. The summed E-state index contributed by atoms with van der Waals surface area (Å²) < 4.78 is 11.3. The zero-order valence-electron chi connectivity index (χ0n) is 15.6. The first-order valence-corrected chi connectivity index (χ1v) is 12.0. The van der Waals surface area contributed by atoms with E-state index in [1.54, 1.807) is 0 Å². The Labute approximate surface area is 164 Å². The van der Waals surface area contributed by atoms with Crippen molar-refractivity contribution in [2.45, 2.75) is 50.3 Å². The highest BCUT2D eigenvalue weighted by atomic mass is 33.1. The molecule has 2 atom stereocenters. The van der Waals surface area contributed by atoms with Gasteiger partial charge in [-0.15, -0.1) is 0 Å². The summed E-state index contributed by atoms with van der Waals surface area (Å²) in [6, 6.07) is 4.10. The van der Waals surface area contributed by atoms with Crippen LogP contribution in [0.1, 0.15) is 49.7 Å². The predicted octanol–water partition coefficient (Wildman–Crippen LogP) is 3.79. The van der Waals surface area contributed by atoms with Crippen molar-refractivity contribution in [2.75, 3.05) is 38.6 Å². The lowest BCUT2D eigenvalue weighted by Gasteiger charge is -2.33. The Morgan fingerprint density at radius 1 is 1.35 bits per heavy atom. The molecule has 5 nitrogen and oxygen atoms in total. The molecule has 26 heavy (non-hydrogen) atoms. The van der Waals surface area contributed by atoms with E-state index in [2.05, 4.69) is 10.2 Å². The monoisotopic (exact) mass is 398 g/mol. The van der Waals surface area contributed by atoms with Crippen LogP contribution in [0.15, 0.2) is 16.5 Å². The maximum Gasteiger partial charge on any atom is 0.220 e. The summed E-state index contributed by atoms with van der Waals surface area (Å²) >= 11 is 0. The minimum absolute atomic E-state index is 0.0865. The van der Waals surface area contributed by atoms with Crippen LogP contribution in [-0.2, 0) is 9.53 Å². The smallest absolute Gasteiger partial charge is 0.220 e. The molecule has 146 valence electrons. The van der Waals surface area contributed by atoms with E-state index in [0.29, 0.717) is 13.0 Å². The van der Waals surface area contributed by atoms with Gasteiger partial charge in [-0.05, 0) is 38.3 Å². The first-order valence-electron chi connectivity index (χ1n) is 9.65. The number of nitrogens with zero attached hydrogens (tertiary/aromatic N) is 1. The molecule has 2 saturated heterocycles. The number of unbranched alkanes of at least 4 members (excludes halogenated alkanes) is 1. The van der Waals surface area contributed by atoms with Gasteiger partial charge in [-0.1, -0.05) is 28.0 Å². The van der Waals surface area contributed by atoms with Gasteiger partial charge in [0, 0.05) is 37.1 Å². The summed E-state index contributed by atoms with van der Waals surface area (Å²) in [4.78, 5) is 14.6. The molecule has 1 N–H and O–H groups in total. The van der Waals surface area contributed by atoms with E-state index in [9.17, 15) is 4.79 Å². The summed E-state index contributed by atoms with van der Waals surface area (Å²) in [6.07, 6.45) is 5.32. The minimum atomic E-state index is 0.0865. The standard InChI is InChI=1S/C19H30N2O3S2/c1-15-6-7-18(24-15)17(21-9-11-23-12-10-21)14-20-19(22)5-3-2-4-16-8-13-25-26-16/h6-7,16-17H,2-5,8-14H2,1H3,(H,20,22). The van der Waals surface area contributed by atoms with E-state index in [1.165, 1.54) is 18.6 Å². The van der Waals surface area contributed by atoms with E-state index in [0.717, 1.165) is 55.9 Å². The maximum absolute atomic E-state index is 12.3. The number of amides is 1. The third-order valence-corrected chi connectivity index (χ3v) is 7.98. The second-order valence-electron chi connectivity index (χ2n) is 6.99. The summed E-state index contributed by atoms with van der Waals surface area (Å²) in [7, 11) is 4.01. The average Bonchev–Trinajstić information content (AvgIpc) is 3.32. The van der Waals surface area contributed by atoms with Crippen LogP contribution >= 0.6 is 21.6 Å². The van der Waals surface area contributed by atoms with Crippen LogP contribution in [-0.4, -0.2) is 54.7 Å². The predicted molar refractivity (Wildman–Crippen MR) is 109 cm³/mol. The Hall–Kier alpha value is -0.630.